The zero-order chi connectivity index (χ0) is 11.4. The Morgan fingerprint density at radius 1 is 1.38 bits per heavy atom. The number of nitrogens with one attached hydrogen (secondary N) is 1. The van der Waals surface area contributed by atoms with Crippen molar-refractivity contribution >= 4 is 0 Å². The lowest BCUT2D eigenvalue weighted by molar-refractivity contribution is -0.0992. The predicted octanol–water partition coefficient (Wildman–Crippen LogP) is 1.55. The van der Waals surface area contributed by atoms with Gasteiger partial charge in [-0.15, -0.1) is 0 Å². The Bertz CT molecular complexity index is 331. The molecule has 1 N–H and O–H groups in total. The minimum absolute atomic E-state index is 0.307. The highest BCUT2D eigenvalue weighted by Crippen LogP contribution is 2.25. The lowest BCUT2D eigenvalue weighted by atomic mass is 9.89. The second-order valence-electron chi connectivity index (χ2n) is 4.71. The fourth-order valence-electron chi connectivity index (χ4n) is 1.78. The van der Waals surface area contributed by atoms with Gasteiger partial charge in [0.1, 0.15) is 18.1 Å². The van der Waals surface area contributed by atoms with Crippen LogP contribution in [-0.2, 0) is 22.6 Å². The van der Waals surface area contributed by atoms with E-state index < -0.39 is 0 Å². The van der Waals surface area contributed by atoms with Gasteiger partial charge in [-0.05, 0) is 12.1 Å². The van der Waals surface area contributed by atoms with E-state index in [2.05, 4.69) is 12.2 Å². The quantitative estimate of drug-likeness (QED) is 0.797. The van der Waals surface area contributed by atoms with Crippen LogP contribution in [0.25, 0.3) is 0 Å². The van der Waals surface area contributed by atoms with Crippen LogP contribution in [0, 0.1) is 5.41 Å². The molecule has 4 heteroatoms. The normalized spacial score (nSPS) is 18.4. The van der Waals surface area contributed by atoms with Crippen LogP contribution in [0.1, 0.15) is 18.4 Å². The van der Waals surface area contributed by atoms with Gasteiger partial charge in [-0.1, -0.05) is 6.92 Å². The first kappa shape index (κ1) is 11.6. The average Bonchev–Trinajstić information content (AvgIpc) is 2.64. The fourth-order valence-corrected chi connectivity index (χ4v) is 1.78. The molecule has 2 rings (SSSR count). The molecule has 2 heterocycles. The number of furan rings is 1. The van der Waals surface area contributed by atoms with Gasteiger partial charge >= 0.3 is 0 Å². The summed E-state index contributed by atoms with van der Waals surface area (Å²) in [6, 6.07) is 3.94. The van der Waals surface area contributed by atoms with Crippen molar-refractivity contribution in [3.63, 3.8) is 0 Å². The lowest BCUT2D eigenvalue weighted by Crippen LogP contribution is -2.47. The number of rotatable bonds is 6. The van der Waals surface area contributed by atoms with Crippen molar-refractivity contribution in [2.45, 2.75) is 20.1 Å². The fraction of sp³-hybridized carbons (Fsp3) is 0.667. The van der Waals surface area contributed by atoms with Crippen molar-refractivity contribution in [1.82, 2.24) is 5.32 Å². The molecule has 0 aromatic carbocycles. The van der Waals surface area contributed by atoms with E-state index in [0.29, 0.717) is 12.0 Å². The van der Waals surface area contributed by atoms with E-state index in [1.807, 2.05) is 12.1 Å². The summed E-state index contributed by atoms with van der Waals surface area (Å²) < 4.78 is 15.8. The molecular formula is C12H19NO3. The molecule has 0 spiro atoms. The Labute approximate surface area is 95.9 Å². The third kappa shape index (κ3) is 2.84. The number of ether oxygens (including phenoxy) is 2. The Morgan fingerprint density at radius 3 is 2.75 bits per heavy atom. The lowest BCUT2D eigenvalue weighted by Gasteiger charge is -2.38. The monoisotopic (exact) mass is 225 g/mol. The second-order valence-corrected chi connectivity index (χ2v) is 4.71. The summed E-state index contributed by atoms with van der Waals surface area (Å²) in [5.41, 5.74) is 0.307. The van der Waals surface area contributed by atoms with Gasteiger partial charge in [0.25, 0.3) is 0 Å². The standard InChI is InChI=1S/C12H19NO3/c1-12(8-15-9-12)7-13-5-10-3-4-11(16-10)6-14-2/h3-4,13H,5-9H2,1-2H3. The van der Waals surface area contributed by atoms with Crippen molar-refractivity contribution in [2.24, 2.45) is 5.41 Å². The Morgan fingerprint density at radius 2 is 2.12 bits per heavy atom. The summed E-state index contributed by atoms with van der Waals surface area (Å²) >= 11 is 0. The van der Waals surface area contributed by atoms with Crippen LogP contribution in [0.3, 0.4) is 0 Å². The molecule has 16 heavy (non-hydrogen) atoms. The predicted molar refractivity (Wildman–Crippen MR) is 60.1 cm³/mol. The van der Waals surface area contributed by atoms with E-state index in [1.165, 1.54) is 0 Å². The summed E-state index contributed by atoms with van der Waals surface area (Å²) in [6.07, 6.45) is 0. The molecule has 0 amide bonds. The van der Waals surface area contributed by atoms with Gasteiger partial charge in [0, 0.05) is 19.1 Å². The minimum Gasteiger partial charge on any atom is -0.462 e. The first-order valence-corrected chi connectivity index (χ1v) is 5.57. The molecule has 4 nitrogen and oxygen atoms in total. The highest BCUT2D eigenvalue weighted by atomic mass is 16.5. The summed E-state index contributed by atoms with van der Waals surface area (Å²) in [5.74, 6) is 1.83. The molecule has 0 unspecified atom stereocenters. The maximum absolute atomic E-state index is 5.57. The molecule has 0 atom stereocenters. The molecule has 0 bridgehead atoms. The van der Waals surface area contributed by atoms with Crippen LogP contribution < -0.4 is 5.32 Å². The van der Waals surface area contributed by atoms with Crippen LogP contribution in [-0.4, -0.2) is 26.9 Å². The van der Waals surface area contributed by atoms with E-state index in [1.54, 1.807) is 7.11 Å². The second kappa shape index (κ2) is 4.99. The summed E-state index contributed by atoms with van der Waals surface area (Å²) in [6.45, 7) is 6.19. The zero-order valence-electron chi connectivity index (χ0n) is 9.91. The molecular weight excluding hydrogens is 206 g/mol. The van der Waals surface area contributed by atoms with Gasteiger partial charge in [0.2, 0.25) is 0 Å². The number of methoxy groups -OCH3 is 1. The molecule has 1 aromatic rings. The zero-order valence-corrected chi connectivity index (χ0v) is 9.91. The van der Waals surface area contributed by atoms with Gasteiger partial charge in [0.15, 0.2) is 0 Å². The molecule has 0 saturated carbocycles. The van der Waals surface area contributed by atoms with Crippen LogP contribution in [0.15, 0.2) is 16.5 Å². The van der Waals surface area contributed by atoms with E-state index in [-0.39, 0.29) is 0 Å². The Balaban J connectivity index is 1.72. The Kier molecular flexibility index (Phi) is 3.63. The van der Waals surface area contributed by atoms with E-state index in [0.717, 1.165) is 37.8 Å². The first-order valence-electron chi connectivity index (χ1n) is 5.57. The van der Waals surface area contributed by atoms with Crippen molar-refractivity contribution in [1.29, 1.82) is 0 Å². The third-order valence-corrected chi connectivity index (χ3v) is 2.76. The average molecular weight is 225 g/mol. The van der Waals surface area contributed by atoms with E-state index in [9.17, 15) is 0 Å². The summed E-state index contributed by atoms with van der Waals surface area (Å²) in [5, 5.41) is 3.38. The molecule has 1 aliphatic heterocycles. The summed E-state index contributed by atoms with van der Waals surface area (Å²) in [7, 11) is 1.66. The highest BCUT2D eigenvalue weighted by Gasteiger charge is 2.32. The first-order chi connectivity index (χ1) is 7.72. The molecule has 1 saturated heterocycles. The smallest absolute Gasteiger partial charge is 0.129 e. The van der Waals surface area contributed by atoms with Gasteiger partial charge in [-0.3, -0.25) is 0 Å². The Hall–Kier alpha value is -0.840. The number of hydrogen-bond donors (Lipinski definition) is 1. The minimum atomic E-state index is 0.307. The van der Waals surface area contributed by atoms with E-state index in [4.69, 9.17) is 13.9 Å². The largest absolute Gasteiger partial charge is 0.462 e. The van der Waals surface area contributed by atoms with Gasteiger partial charge in [0.05, 0.1) is 19.8 Å². The van der Waals surface area contributed by atoms with Crippen LogP contribution in [0.5, 0.6) is 0 Å². The van der Waals surface area contributed by atoms with Gasteiger partial charge in [-0.25, -0.2) is 0 Å². The highest BCUT2D eigenvalue weighted by molar-refractivity contribution is 5.06. The molecule has 1 aliphatic rings. The van der Waals surface area contributed by atoms with Crippen molar-refractivity contribution in [3.05, 3.63) is 23.7 Å². The SMILES string of the molecule is COCc1ccc(CNCC2(C)COC2)o1. The van der Waals surface area contributed by atoms with Crippen molar-refractivity contribution in [2.75, 3.05) is 26.9 Å². The molecule has 0 aliphatic carbocycles. The molecule has 1 aromatic heterocycles. The van der Waals surface area contributed by atoms with E-state index >= 15 is 0 Å². The van der Waals surface area contributed by atoms with Crippen molar-refractivity contribution in [3.8, 4) is 0 Å². The van der Waals surface area contributed by atoms with Crippen LogP contribution >= 0.6 is 0 Å². The van der Waals surface area contributed by atoms with Gasteiger partial charge in [-0.2, -0.15) is 0 Å². The van der Waals surface area contributed by atoms with Gasteiger partial charge < -0.3 is 19.2 Å². The maximum Gasteiger partial charge on any atom is 0.129 e. The molecule has 1 fully saturated rings. The number of hydrogen-bond acceptors (Lipinski definition) is 4. The molecule has 90 valence electrons. The third-order valence-electron chi connectivity index (χ3n) is 2.76. The maximum atomic E-state index is 5.57. The van der Waals surface area contributed by atoms with Crippen LogP contribution in [0.2, 0.25) is 0 Å². The van der Waals surface area contributed by atoms with Crippen molar-refractivity contribution < 1.29 is 13.9 Å². The molecule has 0 radical (unpaired) electrons. The van der Waals surface area contributed by atoms with Crippen LogP contribution in [0.4, 0.5) is 0 Å². The topological polar surface area (TPSA) is 43.6 Å². The summed E-state index contributed by atoms with van der Waals surface area (Å²) in [4.78, 5) is 0.